The molecule has 2 aromatic rings. The SMILES string of the molecule is CC(=O)c1ccc(N2CCN(S(=O)(=O)c3cccc(Br)c3)CC2)cc1. The predicted molar refractivity (Wildman–Crippen MR) is 102 cm³/mol. The van der Waals surface area contributed by atoms with E-state index in [1.807, 2.05) is 30.3 Å². The fourth-order valence-electron chi connectivity index (χ4n) is 2.87. The first kappa shape index (κ1) is 18.1. The minimum Gasteiger partial charge on any atom is -0.369 e. The second-order valence-corrected chi connectivity index (χ2v) is 8.81. The van der Waals surface area contributed by atoms with Crippen LogP contribution in [-0.2, 0) is 10.0 Å². The number of piperazine rings is 1. The summed E-state index contributed by atoms with van der Waals surface area (Å²) in [6.07, 6.45) is 0. The Balaban J connectivity index is 1.70. The fourth-order valence-corrected chi connectivity index (χ4v) is 4.89. The number of nitrogens with zero attached hydrogens (tertiary/aromatic N) is 2. The number of ketones is 1. The van der Waals surface area contributed by atoms with E-state index in [0.29, 0.717) is 36.6 Å². The quantitative estimate of drug-likeness (QED) is 0.709. The largest absolute Gasteiger partial charge is 0.369 e. The third-order valence-electron chi connectivity index (χ3n) is 4.31. The highest BCUT2D eigenvalue weighted by Gasteiger charge is 2.28. The smallest absolute Gasteiger partial charge is 0.243 e. The van der Waals surface area contributed by atoms with Crippen LogP contribution in [0, 0.1) is 0 Å². The lowest BCUT2D eigenvalue weighted by molar-refractivity contribution is 0.101. The molecule has 2 aromatic carbocycles. The third-order valence-corrected chi connectivity index (χ3v) is 6.70. The molecule has 0 amide bonds. The number of benzene rings is 2. The van der Waals surface area contributed by atoms with Gasteiger partial charge in [0, 0.05) is 41.9 Å². The molecule has 0 aromatic heterocycles. The molecule has 1 fully saturated rings. The Hall–Kier alpha value is -1.70. The monoisotopic (exact) mass is 422 g/mol. The second-order valence-electron chi connectivity index (χ2n) is 5.95. The van der Waals surface area contributed by atoms with Crippen LogP contribution >= 0.6 is 15.9 Å². The average Bonchev–Trinajstić information content (AvgIpc) is 2.62. The van der Waals surface area contributed by atoms with E-state index in [9.17, 15) is 13.2 Å². The van der Waals surface area contributed by atoms with Crippen LogP contribution in [0.3, 0.4) is 0 Å². The Morgan fingerprint density at radius 1 is 1.00 bits per heavy atom. The first-order chi connectivity index (χ1) is 11.9. The van der Waals surface area contributed by atoms with Crippen LogP contribution in [0.25, 0.3) is 0 Å². The van der Waals surface area contributed by atoms with Gasteiger partial charge in [0.2, 0.25) is 10.0 Å². The van der Waals surface area contributed by atoms with Gasteiger partial charge in [-0.25, -0.2) is 8.42 Å². The fraction of sp³-hybridized carbons (Fsp3) is 0.278. The van der Waals surface area contributed by atoms with E-state index in [1.165, 1.54) is 4.31 Å². The average molecular weight is 423 g/mol. The van der Waals surface area contributed by atoms with Crippen molar-refractivity contribution in [3.63, 3.8) is 0 Å². The molecular formula is C18H19BrN2O3S. The summed E-state index contributed by atoms with van der Waals surface area (Å²) in [4.78, 5) is 13.8. The molecule has 0 radical (unpaired) electrons. The number of halogens is 1. The van der Waals surface area contributed by atoms with E-state index in [0.717, 1.165) is 10.2 Å². The van der Waals surface area contributed by atoms with Crippen molar-refractivity contribution < 1.29 is 13.2 Å². The number of hydrogen-bond donors (Lipinski definition) is 0. The number of Topliss-reactive ketones (excluding diaryl/α,β-unsaturated/α-hetero) is 1. The predicted octanol–water partition coefficient (Wildman–Crippen LogP) is 3.16. The summed E-state index contributed by atoms with van der Waals surface area (Å²) >= 11 is 3.32. The van der Waals surface area contributed by atoms with Crippen LogP contribution in [0.4, 0.5) is 5.69 Å². The number of hydrogen-bond acceptors (Lipinski definition) is 4. The molecule has 1 heterocycles. The lowest BCUT2D eigenvalue weighted by atomic mass is 10.1. The van der Waals surface area contributed by atoms with Gasteiger partial charge in [-0.3, -0.25) is 4.79 Å². The van der Waals surface area contributed by atoms with Crippen LogP contribution in [0.2, 0.25) is 0 Å². The Morgan fingerprint density at radius 3 is 2.20 bits per heavy atom. The first-order valence-electron chi connectivity index (χ1n) is 7.99. The van der Waals surface area contributed by atoms with Gasteiger partial charge in [-0.05, 0) is 49.4 Å². The van der Waals surface area contributed by atoms with E-state index in [2.05, 4.69) is 20.8 Å². The van der Waals surface area contributed by atoms with Gasteiger partial charge in [0.05, 0.1) is 4.90 Å². The van der Waals surface area contributed by atoms with Gasteiger partial charge >= 0.3 is 0 Å². The van der Waals surface area contributed by atoms with Gasteiger partial charge in [-0.2, -0.15) is 4.31 Å². The Morgan fingerprint density at radius 2 is 1.64 bits per heavy atom. The van der Waals surface area contributed by atoms with Crippen molar-refractivity contribution in [3.8, 4) is 0 Å². The van der Waals surface area contributed by atoms with Crippen molar-refractivity contribution in [2.75, 3.05) is 31.1 Å². The lowest BCUT2D eigenvalue weighted by Gasteiger charge is -2.35. The van der Waals surface area contributed by atoms with E-state index in [-0.39, 0.29) is 5.78 Å². The third kappa shape index (κ3) is 3.94. The number of anilines is 1. The Kier molecular flexibility index (Phi) is 5.27. The molecule has 0 N–H and O–H groups in total. The van der Waals surface area contributed by atoms with Gasteiger partial charge < -0.3 is 4.90 Å². The molecular weight excluding hydrogens is 404 g/mol. The molecule has 0 unspecified atom stereocenters. The zero-order valence-corrected chi connectivity index (χ0v) is 16.3. The van der Waals surface area contributed by atoms with Gasteiger partial charge in [0.1, 0.15) is 0 Å². The number of rotatable bonds is 4. The van der Waals surface area contributed by atoms with E-state index >= 15 is 0 Å². The van der Waals surface area contributed by atoms with Gasteiger partial charge in [0.25, 0.3) is 0 Å². The summed E-state index contributed by atoms with van der Waals surface area (Å²) in [5.74, 6) is 0.0384. The van der Waals surface area contributed by atoms with Crippen molar-refractivity contribution in [3.05, 3.63) is 58.6 Å². The first-order valence-corrected chi connectivity index (χ1v) is 10.2. The zero-order chi connectivity index (χ0) is 18.0. The van der Waals surface area contributed by atoms with Crippen LogP contribution < -0.4 is 4.90 Å². The van der Waals surface area contributed by atoms with Gasteiger partial charge in [0.15, 0.2) is 5.78 Å². The normalized spacial score (nSPS) is 16.0. The minimum atomic E-state index is -3.48. The van der Waals surface area contributed by atoms with E-state index < -0.39 is 10.0 Å². The van der Waals surface area contributed by atoms with Crippen molar-refractivity contribution in [1.82, 2.24) is 4.31 Å². The molecule has 5 nitrogen and oxygen atoms in total. The molecule has 1 aliphatic heterocycles. The van der Waals surface area contributed by atoms with Crippen molar-refractivity contribution >= 4 is 37.4 Å². The summed E-state index contributed by atoms with van der Waals surface area (Å²) < 4.78 is 27.8. The van der Waals surface area contributed by atoms with Gasteiger partial charge in [-0.15, -0.1) is 0 Å². The molecule has 0 aliphatic carbocycles. The molecule has 0 atom stereocenters. The zero-order valence-electron chi connectivity index (χ0n) is 13.9. The highest BCUT2D eigenvalue weighted by Crippen LogP contribution is 2.23. The minimum absolute atomic E-state index is 0.0384. The lowest BCUT2D eigenvalue weighted by Crippen LogP contribution is -2.48. The maximum absolute atomic E-state index is 12.8. The number of carbonyl (C=O) groups excluding carboxylic acids is 1. The molecule has 0 spiro atoms. The topological polar surface area (TPSA) is 57.7 Å². The van der Waals surface area contributed by atoms with Crippen molar-refractivity contribution in [2.24, 2.45) is 0 Å². The summed E-state index contributed by atoms with van der Waals surface area (Å²) in [5.41, 5.74) is 1.68. The summed E-state index contributed by atoms with van der Waals surface area (Å²) in [5, 5.41) is 0. The van der Waals surface area contributed by atoms with Crippen LogP contribution in [0.15, 0.2) is 57.9 Å². The Bertz CT molecular complexity index is 873. The molecule has 25 heavy (non-hydrogen) atoms. The molecule has 0 saturated carbocycles. The maximum atomic E-state index is 12.8. The molecule has 1 saturated heterocycles. The summed E-state index contributed by atoms with van der Waals surface area (Å²) in [6, 6.07) is 14.2. The van der Waals surface area contributed by atoms with E-state index in [4.69, 9.17) is 0 Å². The summed E-state index contributed by atoms with van der Waals surface area (Å²) in [7, 11) is -3.48. The highest BCUT2D eigenvalue weighted by atomic mass is 79.9. The molecule has 132 valence electrons. The van der Waals surface area contributed by atoms with E-state index in [1.54, 1.807) is 25.1 Å². The molecule has 3 rings (SSSR count). The molecule has 0 bridgehead atoms. The molecule has 7 heteroatoms. The maximum Gasteiger partial charge on any atom is 0.243 e. The van der Waals surface area contributed by atoms with Crippen LogP contribution in [0.5, 0.6) is 0 Å². The standard InChI is InChI=1S/C18H19BrN2O3S/c1-14(22)15-5-7-17(8-6-15)20-9-11-21(12-10-20)25(23,24)18-4-2-3-16(19)13-18/h2-8,13H,9-12H2,1H3. The second kappa shape index (κ2) is 7.27. The highest BCUT2D eigenvalue weighted by molar-refractivity contribution is 9.10. The van der Waals surface area contributed by atoms with Crippen LogP contribution in [-0.4, -0.2) is 44.7 Å². The van der Waals surface area contributed by atoms with Crippen molar-refractivity contribution in [1.29, 1.82) is 0 Å². The van der Waals surface area contributed by atoms with Crippen molar-refractivity contribution in [2.45, 2.75) is 11.8 Å². The number of sulfonamides is 1. The molecule has 1 aliphatic rings. The Labute approximate surface area is 156 Å². The summed E-state index contributed by atoms with van der Waals surface area (Å²) in [6.45, 7) is 3.65. The van der Waals surface area contributed by atoms with Gasteiger partial charge in [-0.1, -0.05) is 22.0 Å². The number of carbonyl (C=O) groups is 1. The van der Waals surface area contributed by atoms with Crippen LogP contribution in [0.1, 0.15) is 17.3 Å².